The first-order valence-corrected chi connectivity index (χ1v) is 10.9. The van der Waals surface area contributed by atoms with Crippen molar-refractivity contribution in [1.82, 2.24) is 10.2 Å². The molecule has 1 fully saturated rings. The van der Waals surface area contributed by atoms with E-state index in [9.17, 15) is 14.4 Å². The molecule has 1 aliphatic heterocycles. The van der Waals surface area contributed by atoms with Gasteiger partial charge in [-0.1, -0.05) is 30.3 Å². The highest BCUT2D eigenvalue weighted by Crippen LogP contribution is 2.38. The van der Waals surface area contributed by atoms with Gasteiger partial charge < -0.3 is 19.7 Å². The maximum Gasteiger partial charge on any atom is 0.317 e. The molecule has 0 radical (unpaired) electrons. The number of carbonyl (C=O) groups is 3. The van der Waals surface area contributed by atoms with Crippen LogP contribution in [-0.2, 0) is 25.5 Å². The van der Waals surface area contributed by atoms with Crippen LogP contribution in [-0.4, -0.2) is 55.7 Å². The molecule has 0 atom stereocenters. The Morgan fingerprint density at radius 1 is 1.03 bits per heavy atom. The van der Waals surface area contributed by atoms with Crippen molar-refractivity contribution in [3.8, 4) is 0 Å². The van der Waals surface area contributed by atoms with E-state index in [0.717, 1.165) is 19.3 Å². The van der Waals surface area contributed by atoms with Gasteiger partial charge in [0.2, 0.25) is 0 Å². The quantitative estimate of drug-likeness (QED) is 0.589. The van der Waals surface area contributed by atoms with Gasteiger partial charge in [-0.3, -0.25) is 9.59 Å². The lowest BCUT2D eigenvalue weighted by atomic mass is 9.74. The van der Waals surface area contributed by atoms with Gasteiger partial charge in [0, 0.05) is 19.6 Å². The van der Waals surface area contributed by atoms with Crippen LogP contribution in [0, 0.1) is 5.41 Å². The smallest absolute Gasteiger partial charge is 0.317 e. The molecule has 1 saturated heterocycles. The molecule has 0 spiro atoms. The van der Waals surface area contributed by atoms with E-state index in [-0.39, 0.29) is 30.9 Å². The van der Waals surface area contributed by atoms with Gasteiger partial charge in [0.05, 0.1) is 25.0 Å². The fraction of sp³-hybridized carbons (Fsp3) is 0.609. The van der Waals surface area contributed by atoms with Crippen molar-refractivity contribution in [2.75, 3.05) is 32.8 Å². The Balaban J connectivity index is 1.86. The number of hydrogen-bond donors (Lipinski definition) is 1. The number of hydrogen-bond acceptors (Lipinski definition) is 5. The number of carbonyl (C=O) groups excluding carboxylic acids is 3. The molecule has 1 N–H and O–H groups in total. The Bertz CT molecular complexity index is 684. The minimum Gasteiger partial charge on any atom is -0.466 e. The fourth-order valence-corrected chi connectivity index (χ4v) is 3.87. The van der Waals surface area contributed by atoms with Gasteiger partial charge >= 0.3 is 18.0 Å². The summed E-state index contributed by atoms with van der Waals surface area (Å²) in [6, 6.07) is 10.0. The van der Waals surface area contributed by atoms with Gasteiger partial charge in [0.1, 0.15) is 0 Å². The normalized spacial score (nSPS) is 15.3. The Hall–Kier alpha value is -2.57. The van der Waals surface area contributed by atoms with Gasteiger partial charge in [-0.2, -0.15) is 0 Å². The summed E-state index contributed by atoms with van der Waals surface area (Å²) in [4.78, 5) is 38.2. The van der Waals surface area contributed by atoms with Crippen molar-refractivity contribution in [2.45, 2.75) is 52.4 Å². The highest BCUT2D eigenvalue weighted by atomic mass is 16.5. The lowest BCUT2D eigenvalue weighted by Crippen LogP contribution is -2.50. The highest BCUT2D eigenvalue weighted by Gasteiger charge is 2.43. The third kappa shape index (κ3) is 7.04. The molecular weight excluding hydrogens is 384 g/mol. The molecule has 2 amide bonds. The van der Waals surface area contributed by atoms with E-state index in [1.165, 1.54) is 5.56 Å². The van der Waals surface area contributed by atoms with Crippen molar-refractivity contribution >= 4 is 18.0 Å². The van der Waals surface area contributed by atoms with E-state index in [4.69, 9.17) is 9.47 Å². The molecule has 2 rings (SSSR count). The predicted molar refractivity (Wildman–Crippen MR) is 114 cm³/mol. The number of amides is 2. The van der Waals surface area contributed by atoms with Gasteiger partial charge in [-0.25, -0.2) is 4.79 Å². The molecule has 166 valence electrons. The summed E-state index contributed by atoms with van der Waals surface area (Å²) < 4.78 is 10.2. The number of esters is 2. The number of ether oxygens (including phenoxy) is 2. The SMILES string of the molecule is CCOC(=O)CCNC(=O)N1CCC(CCCc2ccccc2)(C(=O)OCC)CC1. The van der Waals surface area contributed by atoms with Crippen LogP contribution in [0.1, 0.15) is 51.5 Å². The van der Waals surface area contributed by atoms with Gasteiger partial charge in [-0.05, 0) is 51.5 Å². The third-order valence-corrected chi connectivity index (χ3v) is 5.59. The number of rotatable bonds is 10. The molecular formula is C23H34N2O5. The zero-order valence-corrected chi connectivity index (χ0v) is 18.2. The summed E-state index contributed by atoms with van der Waals surface area (Å²) >= 11 is 0. The molecule has 1 heterocycles. The van der Waals surface area contributed by atoms with E-state index >= 15 is 0 Å². The van der Waals surface area contributed by atoms with Crippen LogP contribution in [0.15, 0.2) is 30.3 Å². The number of benzene rings is 1. The van der Waals surface area contributed by atoms with Crippen molar-refractivity contribution in [3.63, 3.8) is 0 Å². The van der Waals surface area contributed by atoms with Crippen LogP contribution in [0.3, 0.4) is 0 Å². The minimum atomic E-state index is -0.535. The van der Waals surface area contributed by atoms with Crippen molar-refractivity contribution in [2.24, 2.45) is 5.41 Å². The van der Waals surface area contributed by atoms with Crippen LogP contribution in [0.4, 0.5) is 4.79 Å². The molecule has 1 aliphatic rings. The molecule has 0 unspecified atom stereocenters. The average Bonchev–Trinajstić information content (AvgIpc) is 2.75. The summed E-state index contributed by atoms with van der Waals surface area (Å²) in [7, 11) is 0. The van der Waals surface area contributed by atoms with Gasteiger partial charge in [0.15, 0.2) is 0 Å². The molecule has 7 heteroatoms. The molecule has 0 saturated carbocycles. The summed E-state index contributed by atoms with van der Waals surface area (Å²) in [6.07, 6.45) is 3.89. The van der Waals surface area contributed by atoms with Crippen LogP contribution in [0.25, 0.3) is 0 Å². The zero-order valence-electron chi connectivity index (χ0n) is 18.2. The van der Waals surface area contributed by atoms with Crippen LogP contribution in [0.5, 0.6) is 0 Å². The number of piperidine rings is 1. The maximum absolute atomic E-state index is 12.8. The second kappa shape index (κ2) is 12.2. The number of nitrogens with zero attached hydrogens (tertiary/aromatic N) is 1. The maximum atomic E-state index is 12.8. The molecule has 30 heavy (non-hydrogen) atoms. The van der Waals surface area contributed by atoms with E-state index in [1.54, 1.807) is 11.8 Å². The van der Waals surface area contributed by atoms with Crippen LogP contribution >= 0.6 is 0 Å². The monoisotopic (exact) mass is 418 g/mol. The topological polar surface area (TPSA) is 84.9 Å². The summed E-state index contributed by atoms with van der Waals surface area (Å²) in [5, 5.41) is 2.76. The lowest BCUT2D eigenvalue weighted by molar-refractivity contribution is -0.159. The summed E-state index contributed by atoms with van der Waals surface area (Å²) in [5.74, 6) is -0.475. The first kappa shape index (κ1) is 23.7. The van der Waals surface area contributed by atoms with Crippen molar-refractivity contribution in [1.29, 1.82) is 0 Å². The standard InChI is InChI=1S/C23H34N2O5/c1-3-29-20(26)12-16-24-22(28)25-17-14-23(15-18-25,21(27)30-4-2)13-8-11-19-9-6-5-7-10-19/h5-7,9-10H,3-4,8,11-18H2,1-2H3,(H,24,28). The molecule has 0 aromatic heterocycles. The first-order valence-electron chi connectivity index (χ1n) is 10.9. The molecule has 1 aromatic carbocycles. The van der Waals surface area contributed by atoms with E-state index < -0.39 is 5.41 Å². The molecule has 0 bridgehead atoms. The van der Waals surface area contributed by atoms with E-state index in [0.29, 0.717) is 39.1 Å². The largest absolute Gasteiger partial charge is 0.466 e. The fourth-order valence-electron chi connectivity index (χ4n) is 3.87. The zero-order chi connectivity index (χ0) is 21.8. The number of urea groups is 1. The minimum absolute atomic E-state index is 0.152. The Morgan fingerprint density at radius 2 is 1.70 bits per heavy atom. The number of likely N-dealkylation sites (tertiary alicyclic amines) is 1. The van der Waals surface area contributed by atoms with Crippen LogP contribution < -0.4 is 5.32 Å². The van der Waals surface area contributed by atoms with Crippen molar-refractivity contribution in [3.05, 3.63) is 35.9 Å². The molecule has 7 nitrogen and oxygen atoms in total. The second-order valence-electron chi connectivity index (χ2n) is 7.61. The van der Waals surface area contributed by atoms with Crippen molar-refractivity contribution < 1.29 is 23.9 Å². The third-order valence-electron chi connectivity index (χ3n) is 5.59. The average molecular weight is 419 g/mol. The summed E-state index contributed by atoms with van der Waals surface area (Å²) in [5.41, 5.74) is 0.724. The lowest BCUT2D eigenvalue weighted by Gasteiger charge is -2.40. The summed E-state index contributed by atoms with van der Waals surface area (Å²) in [6.45, 7) is 5.50. The Morgan fingerprint density at radius 3 is 2.33 bits per heavy atom. The Kier molecular flexibility index (Phi) is 9.64. The van der Waals surface area contributed by atoms with Gasteiger partial charge in [-0.15, -0.1) is 0 Å². The Labute approximate surface area is 179 Å². The van der Waals surface area contributed by atoms with Gasteiger partial charge in [0.25, 0.3) is 0 Å². The predicted octanol–water partition coefficient (Wildman–Crippen LogP) is 3.32. The second-order valence-corrected chi connectivity index (χ2v) is 7.61. The molecule has 1 aromatic rings. The number of nitrogens with one attached hydrogen (secondary N) is 1. The molecule has 0 aliphatic carbocycles. The van der Waals surface area contributed by atoms with E-state index in [2.05, 4.69) is 17.4 Å². The highest BCUT2D eigenvalue weighted by molar-refractivity contribution is 5.79. The number of aryl methyl sites for hydroxylation is 1. The first-order chi connectivity index (χ1) is 14.5. The van der Waals surface area contributed by atoms with E-state index in [1.807, 2.05) is 25.1 Å². The van der Waals surface area contributed by atoms with Crippen LogP contribution in [0.2, 0.25) is 0 Å².